The second-order valence-electron chi connectivity index (χ2n) is 6.34. The Kier molecular flexibility index (Phi) is 5.15. The number of nitriles is 1. The second kappa shape index (κ2) is 7.37. The van der Waals surface area contributed by atoms with Gasteiger partial charge < -0.3 is 10.2 Å². The van der Waals surface area contributed by atoms with Gasteiger partial charge in [0.05, 0.1) is 17.2 Å². The van der Waals surface area contributed by atoms with Crippen molar-refractivity contribution in [3.63, 3.8) is 0 Å². The molecular formula is C19H17F3N4O. The molecule has 2 heterocycles. The summed E-state index contributed by atoms with van der Waals surface area (Å²) in [6.07, 6.45) is -3.85. The number of rotatable bonds is 2. The van der Waals surface area contributed by atoms with Crippen LogP contribution < -0.4 is 5.32 Å². The number of nitrogens with one attached hydrogen (secondary N) is 1. The van der Waals surface area contributed by atoms with Crippen LogP contribution in [0, 0.1) is 18.3 Å². The zero-order valence-electron chi connectivity index (χ0n) is 14.5. The highest BCUT2D eigenvalue weighted by atomic mass is 19.4. The Morgan fingerprint density at radius 2 is 2.11 bits per heavy atom. The molecule has 0 saturated carbocycles. The van der Waals surface area contributed by atoms with Crippen LogP contribution in [0.25, 0.3) is 0 Å². The summed E-state index contributed by atoms with van der Waals surface area (Å²) in [7, 11) is 0. The van der Waals surface area contributed by atoms with Crippen molar-refractivity contribution in [2.45, 2.75) is 19.1 Å². The first kappa shape index (κ1) is 18.9. The Morgan fingerprint density at radius 3 is 2.78 bits per heavy atom. The van der Waals surface area contributed by atoms with Gasteiger partial charge in [0.25, 0.3) is 5.91 Å². The number of halogens is 3. The van der Waals surface area contributed by atoms with Crippen molar-refractivity contribution in [2.24, 2.45) is 0 Å². The zero-order valence-corrected chi connectivity index (χ0v) is 14.5. The number of piperazine rings is 1. The van der Waals surface area contributed by atoms with E-state index in [1.165, 1.54) is 6.07 Å². The maximum atomic E-state index is 12.9. The van der Waals surface area contributed by atoms with Crippen LogP contribution in [0.3, 0.4) is 0 Å². The van der Waals surface area contributed by atoms with Gasteiger partial charge in [0, 0.05) is 25.8 Å². The first-order valence-corrected chi connectivity index (χ1v) is 8.37. The molecule has 1 fully saturated rings. The molecule has 1 aromatic heterocycles. The molecule has 0 radical (unpaired) electrons. The van der Waals surface area contributed by atoms with Gasteiger partial charge in [0.15, 0.2) is 5.69 Å². The van der Waals surface area contributed by atoms with Crippen molar-refractivity contribution in [1.82, 2.24) is 15.2 Å². The van der Waals surface area contributed by atoms with E-state index in [9.17, 15) is 18.0 Å². The molecule has 27 heavy (non-hydrogen) atoms. The first-order valence-electron chi connectivity index (χ1n) is 8.37. The van der Waals surface area contributed by atoms with Gasteiger partial charge in [-0.1, -0.05) is 24.3 Å². The third-order valence-corrected chi connectivity index (χ3v) is 4.55. The van der Waals surface area contributed by atoms with Gasteiger partial charge >= 0.3 is 6.18 Å². The number of aryl methyl sites for hydroxylation is 1. The summed E-state index contributed by atoms with van der Waals surface area (Å²) >= 11 is 0. The summed E-state index contributed by atoms with van der Waals surface area (Å²) in [4.78, 5) is 17.6. The van der Waals surface area contributed by atoms with Crippen LogP contribution >= 0.6 is 0 Å². The van der Waals surface area contributed by atoms with Gasteiger partial charge in [-0.2, -0.15) is 18.4 Å². The van der Waals surface area contributed by atoms with Crippen molar-refractivity contribution in [2.75, 3.05) is 19.6 Å². The van der Waals surface area contributed by atoms with Crippen molar-refractivity contribution in [1.29, 1.82) is 5.26 Å². The molecule has 0 spiro atoms. The molecule has 0 aliphatic carbocycles. The average Bonchev–Trinajstić information content (AvgIpc) is 2.66. The predicted molar refractivity (Wildman–Crippen MR) is 91.8 cm³/mol. The number of carbonyl (C=O) groups excluding carboxylic acids is 1. The molecule has 0 bridgehead atoms. The number of carbonyl (C=O) groups is 1. The largest absolute Gasteiger partial charge is 0.434 e. The first-order chi connectivity index (χ1) is 12.8. The molecule has 1 aromatic carbocycles. The lowest BCUT2D eigenvalue weighted by Crippen LogP contribution is -2.48. The standard InChI is InChI=1S/C19H17F3N4O/c1-12-4-2-3-5-15(12)16-11-26(7-6-24-16)18(27)14-8-13(9-23)17(25-10-14)19(20,21)22/h2-5,8,10,16,24H,6-7,11H2,1H3. The number of benzene rings is 1. The van der Waals surface area contributed by atoms with Gasteiger partial charge in [0.1, 0.15) is 6.07 Å². The smallest absolute Gasteiger partial charge is 0.335 e. The maximum absolute atomic E-state index is 12.9. The minimum Gasteiger partial charge on any atom is -0.335 e. The van der Waals surface area contributed by atoms with Crippen molar-refractivity contribution in [3.8, 4) is 6.07 Å². The van der Waals surface area contributed by atoms with Crippen LogP contribution in [-0.4, -0.2) is 35.4 Å². The van der Waals surface area contributed by atoms with E-state index in [1.54, 1.807) is 4.90 Å². The van der Waals surface area contributed by atoms with Crippen molar-refractivity contribution >= 4 is 5.91 Å². The number of nitrogens with zero attached hydrogens (tertiary/aromatic N) is 3. The van der Waals surface area contributed by atoms with Gasteiger partial charge in [0.2, 0.25) is 0 Å². The topological polar surface area (TPSA) is 69.0 Å². The predicted octanol–water partition coefficient (Wildman–Crippen LogP) is 3.07. The van der Waals surface area contributed by atoms with E-state index in [2.05, 4.69) is 10.3 Å². The van der Waals surface area contributed by atoms with E-state index in [-0.39, 0.29) is 11.6 Å². The van der Waals surface area contributed by atoms with Crippen LogP contribution in [-0.2, 0) is 6.18 Å². The van der Waals surface area contributed by atoms with Crippen molar-refractivity contribution < 1.29 is 18.0 Å². The monoisotopic (exact) mass is 374 g/mol. The van der Waals surface area contributed by atoms with E-state index in [4.69, 9.17) is 5.26 Å². The fraction of sp³-hybridized carbons (Fsp3) is 0.316. The third-order valence-electron chi connectivity index (χ3n) is 4.55. The molecule has 1 atom stereocenters. The number of hydrogen-bond acceptors (Lipinski definition) is 4. The Balaban J connectivity index is 1.84. The number of pyridine rings is 1. The summed E-state index contributed by atoms with van der Waals surface area (Å²) in [5.74, 6) is -0.437. The Morgan fingerprint density at radius 1 is 1.37 bits per heavy atom. The molecule has 3 rings (SSSR count). The molecule has 1 aliphatic rings. The third kappa shape index (κ3) is 3.93. The lowest BCUT2D eigenvalue weighted by Gasteiger charge is -2.34. The molecule has 8 heteroatoms. The highest BCUT2D eigenvalue weighted by Crippen LogP contribution is 2.30. The van der Waals surface area contributed by atoms with Gasteiger partial charge in [-0.3, -0.25) is 4.79 Å². The van der Waals surface area contributed by atoms with Crippen LogP contribution in [0.2, 0.25) is 0 Å². The maximum Gasteiger partial charge on any atom is 0.434 e. The average molecular weight is 374 g/mol. The summed E-state index contributed by atoms with van der Waals surface area (Å²) in [6, 6.07) is 10.2. The Hall–Kier alpha value is -2.92. The van der Waals surface area contributed by atoms with E-state index in [0.29, 0.717) is 19.6 Å². The summed E-state index contributed by atoms with van der Waals surface area (Å²) < 4.78 is 38.6. The van der Waals surface area contributed by atoms with E-state index >= 15 is 0 Å². The number of alkyl halides is 3. The molecule has 1 unspecified atom stereocenters. The fourth-order valence-electron chi connectivity index (χ4n) is 3.20. The number of amides is 1. The second-order valence-corrected chi connectivity index (χ2v) is 6.34. The summed E-state index contributed by atoms with van der Waals surface area (Å²) in [5, 5.41) is 12.3. The highest BCUT2D eigenvalue weighted by molar-refractivity contribution is 5.94. The minimum absolute atomic E-state index is 0.0232. The van der Waals surface area contributed by atoms with Crippen LogP contribution in [0.15, 0.2) is 36.5 Å². The van der Waals surface area contributed by atoms with Crippen LogP contribution in [0.1, 0.15) is 38.8 Å². The molecule has 5 nitrogen and oxygen atoms in total. The van der Waals surface area contributed by atoms with Gasteiger partial charge in [-0.15, -0.1) is 0 Å². The van der Waals surface area contributed by atoms with E-state index in [1.807, 2.05) is 31.2 Å². The molecule has 1 amide bonds. The SMILES string of the molecule is Cc1ccccc1C1CN(C(=O)c2cnc(C(F)(F)F)c(C#N)c2)CCN1. The Bertz CT molecular complexity index is 905. The normalized spacial score (nSPS) is 17.4. The lowest BCUT2D eigenvalue weighted by molar-refractivity contribution is -0.141. The fourth-order valence-corrected chi connectivity index (χ4v) is 3.20. The minimum atomic E-state index is -4.74. The highest BCUT2D eigenvalue weighted by Gasteiger charge is 2.36. The summed E-state index contributed by atoms with van der Waals surface area (Å²) in [6.45, 7) is 3.34. The molecular weight excluding hydrogens is 357 g/mol. The van der Waals surface area contributed by atoms with Crippen molar-refractivity contribution in [3.05, 3.63) is 64.5 Å². The molecule has 2 aromatic rings. The molecule has 140 valence electrons. The summed E-state index contributed by atoms with van der Waals surface area (Å²) in [5.41, 5.74) is 0.203. The van der Waals surface area contributed by atoms with E-state index < -0.39 is 23.3 Å². The molecule has 1 saturated heterocycles. The molecule has 1 aliphatic heterocycles. The van der Waals surface area contributed by atoms with Gasteiger partial charge in [-0.05, 0) is 24.1 Å². The number of hydrogen-bond donors (Lipinski definition) is 1. The Labute approximate surface area is 154 Å². The van der Waals surface area contributed by atoms with Crippen LogP contribution in [0.4, 0.5) is 13.2 Å². The lowest BCUT2D eigenvalue weighted by atomic mass is 9.99. The van der Waals surface area contributed by atoms with E-state index in [0.717, 1.165) is 23.4 Å². The quantitative estimate of drug-likeness (QED) is 0.877. The van der Waals surface area contributed by atoms with Gasteiger partial charge in [-0.25, -0.2) is 4.98 Å². The number of aromatic nitrogens is 1. The molecule has 1 N–H and O–H groups in total. The zero-order chi connectivity index (χ0) is 19.6. The van der Waals surface area contributed by atoms with Crippen LogP contribution in [0.5, 0.6) is 0 Å².